The van der Waals surface area contributed by atoms with E-state index in [-0.39, 0.29) is 24.7 Å². The Morgan fingerprint density at radius 3 is 2.44 bits per heavy atom. The second kappa shape index (κ2) is 8.85. The lowest BCUT2D eigenvalue weighted by atomic mass is 9.85. The predicted octanol–water partition coefficient (Wildman–Crippen LogP) is 2.46. The fourth-order valence-electron chi connectivity index (χ4n) is 3.26. The van der Waals surface area contributed by atoms with Crippen molar-refractivity contribution in [2.24, 2.45) is 0 Å². The Labute approximate surface area is 149 Å². The molecular weight excluding hydrogens is 318 g/mol. The van der Waals surface area contributed by atoms with Crippen LogP contribution in [0.5, 0.6) is 0 Å². The SMILES string of the molecule is CCN(Cc1ccccc1C)C(=O)NC1CC(N(CC)CC(=O)O)C1. The first-order chi connectivity index (χ1) is 11.9. The molecule has 6 heteroatoms. The number of carboxylic acid groups (broad SMARTS) is 1. The molecule has 0 bridgehead atoms. The van der Waals surface area contributed by atoms with Crippen molar-refractivity contribution in [3.63, 3.8) is 0 Å². The average molecular weight is 347 g/mol. The number of carboxylic acids is 1. The van der Waals surface area contributed by atoms with Gasteiger partial charge < -0.3 is 15.3 Å². The molecule has 0 atom stereocenters. The van der Waals surface area contributed by atoms with Gasteiger partial charge in [-0.15, -0.1) is 0 Å². The molecule has 2 amide bonds. The summed E-state index contributed by atoms with van der Waals surface area (Å²) in [5, 5.41) is 12.0. The second-order valence-electron chi connectivity index (χ2n) is 6.67. The van der Waals surface area contributed by atoms with Gasteiger partial charge >= 0.3 is 12.0 Å². The molecular formula is C19H29N3O3. The molecule has 2 rings (SSSR count). The van der Waals surface area contributed by atoms with E-state index in [4.69, 9.17) is 5.11 Å². The van der Waals surface area contributed by atoms with E-state index in [1.54, 1.807) is 0 Å². The van der Waals surface area contributed by atoms with E-state index >= 15 is 0 Å². The van der Waals surface area contributed by atoms with Crippen molar-refractivity contribution in [1.29, 1.82) is 0 Å². The van der Waals surface area contributed by atoms with Crippen LogP contribution >= 0.6 is 0 Å². The number of amides is 2. The standard InChI is InChI=1S/C19H29N3O3/c1-4-21(13-18(23)24)17-10-16(11-17)20-19(25)22(5-2)12-15-9-7-6-8-14(15)3/h6-9,16-17H,4-5,10-13H2,1-3H3,(H,20,25)(H,23,24). The first-order valence-corrected chi connectivity index (χ1v) is 9.00. The molecule has 1 fully saturated rings. The Hall–Kier alpha value is -2.08. The summed E-state index contributed by atoms with van der Waals surface area (Å²) < 4.78 is 0. The van der Waals surface area contributed by atoms with Gasteiger partial charge in [-0.2, -0.15) is 0 Å². The molecule has 6 nitrogen and oxygen atoms in total. The number of nitrogens with one attached hydrogen (secondary N) is 1. The van der Waals surface area contributed by atoms with Crippen molar-refractivity contribution in [2.45, 2.75) is 52.2 Å². The Morgan fingerprint density at radius 1 is 1.20 bits per heavy atom. The lowest BCUT2D eigenvalue weighted by Crippen LogP contribution is -2.56. The van der Waals surface area contributed by atoms with Gasteiger partial charge in [-0.25, -0.2) is 4.79 Å². The summed E-state index contributed by atoms with van der Waals surface area (Å²) in [6.45, 7) is 8.03. The Balaban J connectivity index is 1.83. The number of carbonyl (C=O) groups excluding carboxylic acids is 1. The highest BCUT2D eigenvalue weighted by atomic mass is 16.4. The largest absolute Gasteiger partial charge is 0.480 e. The molecule has 0 radical (unpaired) electrons. The highest BCUT2D eigenvalue weighted by Gasteiger charge is 2.35. The Morgan fingerprint density at radius 2 is 1.88 bits per heavy atom. The zero-order chi connectivity index (χ0) is 18.4. The van der Waals surface area contributed by atoms with E-state index in [0.717, 1.165) is 18.4 Å². The van der Waals surface area contributed by atoms with Crippen LogP contribution in [0.1, 0.15) is 37.8 Å². The molecule has 1 saturated carbocycles. The number of nitrogens with zero attached hydrogens (tertiary/aromatic N) is 2. The fourth-order valence-corrected chi connectivity index (χ4v) is 3.26. The number of benzene rings is 1. The van der Waals surface area contributed by atoms with Crippen LogP contribution in [0.2, 0.25) is 0 Å². The van der Waals surface area contributed by atoms with Gasteiger partial charge in [-0.05, 0) is 44.4 Å². The van der Waals surface area contributed by atoms with E-state index in [2.05, 4.69) is 24.4 Å². The maximum absolute atomic E-state index is 12.5. The van der Waals surface area contributed by atoms with E-state index < -0.39 is 5.97 Å². The molecule has 1 aromatic carbocycles. The monoisotopic (exact) mass is 347 g/mol. The second-order valence-corrected chi connectivity index (χ2v) is 6.67. The highest BCUT2D eigenvalue weighted by Crippen LogP contribution is 2.25. The van der Waals surface area contributed by atoms with Crippen LogP contribution in [0.15, 0.2) is 24.3 Å². The minimum atomic E-state index is -0.801. The van der Waals surface area contributed by atoms with Crippen LogP contribution in [0.4, 0.5) is 4.79 Å². The van der Waals surface area contributed by atoms with Gasteiger partial charge in [0.2, 0.25) is 0 Å². The third kappa shape index (κ3) is 5.19. The van der Waals surface area contributed by atoms with E-state index in [0.29, 0.717) is 19.6 Å². The number of urea groups is 1. The van der Waals surface area contributed by atoms with Gasteiger partial charge in [0.1, 0.15) is 0 Å². The molecule has 0 aromatic heterocycles. The van der Waals surface area contributed by atoms with E-state index in [1.807, 2.05) is 35.8 Å². The number of aliphatic carboxylic acids is 1. The number of hydrogen-bond acceptors (Lipinski definition) is 3. The van der Waals surface area contributed by atoms with Crippen LogP contribution in [0.3, 0.4) is 0 Å². The van der Waals surface area contributed by atoms with Crippen molar-refractivity contribution >= 4 is 12.0 Å². The number of aryl methyl sites for hydroxylation is 1. The average Bonchev–Trinajstić information content (AvgIpc) is 2.54. The fraction of sp³-hybridized carbons (Fsp3) is 0.579. The van der Waals surface area contributed by atoms with Gasteiger partial charge in [0.15, 0.2) is 0 Å². The summed E-state index contributed by atoms with van der Waals surface area (Å²) in [6.07, 6.45) is 1.63. The summed E-state index contributed by atoms with van der Waals surface area (Å²) in [5.41, 5.74) is 2.34. The summed E-state index contributed by atoms with van der Waals surface area (Å²) in [5.74, 6) is -0.801. The Kier molecular flexibility index (Phi) is 6.82. The number of hydrogen-bond donors (Lipinski definition) is 2. The molecule has 0 aliphatic heterocycles. The molecule has 2 N–H and O–H groups in total. The van der Waals surface area contributed by atoms with Crippen LogP contribution in [-0.2, 0) is 11.3 Å². The van der Waals surface area contributed by atoms with Crippen molar-refractivity contribution in [3.05, 3.63) is 35.4 Å². The number of carbonyl (C=O) groups is 2. The number of rotatable bonds is 8. The Bertz CT molecular complexity index is 599. The minimum absolute atomic E-state index is 0.0458. The van der Waals surface area contributed by atoms with Crippen molar-refractivity contribution in [2.75, 3.05) is 19.6 Å². The smallest absolute Gasteiger partial charge is 0.317 e. The molecule has 0 heterocycles. The molecule has 1 aliphatic carbocycles. The van der Waals surface area contributed by atoms with Gasteiger partial charge in [0.25, 0.3) is 0 Å². The van der Waals surface area contributed by atoms with Gasteiger partial charge in [0, 0.05) is 25.2 Å². The van der Waals surface area contributed by atoms with Crippen LogP contribution < -0.4 is 5.32 Å². The first kappa shape index (κ1) is 19.2. The molecule has 138 valence electrons. The maximum atomic E-state index is 12.5. The molecule has 0 unspecified atom stereocenters. The van der Waals surface area contributed by atoms with E-state index in [9.17, 15) is 9.59 Å². The molecule has 1 aliphatic rings. The zero-order valence-corrected chi connectivity index (χ0v) is 15.4. The van der Waals surface area contributed by atoms with Crippen molar-refractivity contribution < 1.29 is 14.7 Å². The zero-order valence-electron chi connectivity index (χ0n) is 15.4. The molecule has 1 aromatic rings. The summed E-state index contributed by atoms with van der Waals surface area (Å²) in [4.78, 5) is 27.2. The third-order valence-corrected chi connectivity index (χ3v) is 4.99. The van der Waals surface area contributed by atoms with Crippen LogP contribution in [-0.4, -0.2) is 58.6 Å². The summed E-state index contributed by atoms with van der Waals surface area (Å²) >= 11 is 0. The summed E-state index contributed by atoms with van der Waals surface area (Å²) in [7, 11) is 0. The molecule has 0 spiro atoms. The van der Waals surface area contributed by atoms with Crippen molar-refractivity contribution in [1.82, 2.24) is 15.1 Å². The van der Waals surface area contributed by atoms with Crippen LogP contribution in [0.25, 0.3) is 0 Å². The van der Waals surface area contributed by atoms with E-state index in [1.165, 1.54) is 5.56 Å². The molecule has 0 saturated heterocycles. The molecule has 25 heavy (non-hydrogen) atoms. The quantitative estimate of drug-likeness (QED) is 0.758. The maximum Gasteiger partial charge on any atom is 0.317 e. The lowest BCUT2D eigenvalue weighted by Gasteiger charge is -2.42. The predicted molar refractivity (Wildman–Crippen MR) is 97.5 cm³/mol. The van der Waals surface area contributed by atoms with Gasteiger partial charge in [-0.3, -0.25) is 9.69 Å². The first-order valence-electron chi connectivity index (χ1n) is 9.00. The topological polar surface area (TPSA) is 72.9 Å². The summed E-state index contributed by atoms with van der Waals surface area (Å²) in [6, 6.07) is 8.43. The normalized spacial score (nSPS) is 19.4. The van der Waals surface area contributed by atoms with Gasteiger partial charge in [0.05, 0.1) is 6.54 Å². The van der Waals surface area contributed by atoms with Crippen molar-refractivity contribution in [3.8, 4) is 0 Å². The minimum Gasteiger partial charge on any atom is -0.480 e. The lowest BCUT2D eigenvalue weighted by molar-refractivity contribution is -0.139. The van der Waals surface area contributed by atoms with Gasteiger partial charge in [-0.1, -0.05) is 31.2 Å². The third-order valence-electron chi connectivity index (χ3n) is 4.99. The highest BCUT2D eigenvalue weighted by molar-refractivity contribution is 5.74. The number of likely N-dealkylation sites (N-methyl/N-ethyl adjacent to an activating group) is 1. The van der Waals surface area contributed by atoms with Crippen LogP contribution in [0, 0.1) is 6.92 Å².